The minimum absolute atomic E-state index is 0.523. The van der Waals surface area contributed by atoms with E-state index in [2.05, 4.69) is 44.3 Å². The van der Waals surface area contributed by atoms with Crippen LogP contribution < -0.4 is 11.1 Å². The molecule has 0 amide bonds. The van der Waals surface area contributed by atoms with E-state index in [0.717, 1.165) is 25.9 Å². The summed E-state index contributed by atoms with van der Waals surface area (Å²) in [6.07, 6.45) is 2.15. The van der Waals surface area contributed by atoms with Crippen molar-refractivity contribution >= 4 is 5.69 Å². The van der Waals surface area contributed by atoms with Gasteiger partial charge in [-0.1, -0.05) is 39.0 Å². The molecular weight excluding hydrogens is 196 g/mol. The second kappa shape index (κ2) is 6.54. The molecule has 0 aliphatic rings. The molecule has 2 heteroatoms. The molecule has 0 heterocycles. The summed E-state index contributed by atoms with van der Waals surface area (Å²) >= 11 is 0. The number of nitrogens with one attached hydrogen (secondary N) is 1. The molecule has 0 aliphatic heterocycles. The van der Waals surface area contributed by atoms with Crippen LogP contribution in [0, 0.1) is 5.92 Å². The molecule has 0 spiro atoms. The monoisotopic (exact) mass is 220 g/mol. The van der Waals surface area contributed by atoms with Gasteiger partial charge in [0.15, 0.2) is 0 Å². The summed E-state index contributed by atoms with van der Waals surface area (Å²) in [5.41, 5.74) is 9.78. The van der Waals surface area contributed by atoms with Crippen molar-refractivity contribution in [1.29, 1.82) is 0 Å². The summed E-state index contributed by atoms with van der Waals surface area (Å²) in [7, 11) is 0. The van der Waals surface area contributed by atoms with E-state index in [4.69, 9.17) is 5.73 Å². The largest absolute Gasteiger partial charge is 0.384 e. The summed E-state index contributed by atoms with van der Waals surface area (Å²) in [5, 5.41) is 3.55. The van der Waals surface area contributed by atoms with E-state index in [-0.39, 0.29) is 0 Å². The summed E-state index contributed by atoms with van der Waals surface area (Å²) in [6.45, 7) is 8.27. The highest BCUT2D eigenvalue weighted by Crippen LogP contribution is 2.22. The zero-order chi connectivity index (χ0) is 12.0. The number of nitrogens with two attached hydrogens (primary N) is 1. The Morgan fingerprint density at radius 3 is 2.19 bits per heavy atom. The number of aryl methyl sites for hydroxylation is 2. The van der Waals surface area contributed by atoms with Crippen LogP contribution >= 0.6 is 0 Å². The van der Waals surface area contributed by atoms with Crippen molar-refractivity contribution in [2.45, 2.75) is 33.6 Å². The van der Waals surface area contributed by atoms with Crippen LogP contribution in [0.15, 0.2) is 18.2 Å². The SMILES string of the molecule is CCc1cccc(CC)c1NCC(C)CN. The Labute approximate surface area is 99.2 Å². The van der Waals surface area contributed by atoms with Crippen molar-refractivity contribution in [2.75, 3.05) is 18.4 Å². The molecular formula is C14H24N2. The predicted molar refractivity (Wildman–Crippen MR) is 71.9 cm³/mol. The first-order chi connectivity index (χ1) is 7.72. The predicted octanol–water partition coefficient (Wildman–Crippen LogP) is 2.82. The normalized spacial score (nSPS) is 12.5. The van der Waals surface area contributed by atoms with Crippen molar-refractivity contribution in [3.63, 3.8) is 0 Å². The number of benzene rings is 1. The summed E-state index contributed by atoms with van der Waals surface area (Å²) in [4.78, 5) is 0. The number of hydrogen-bond donors (Lipinski definition) is 2. The highest BCUT2D eigenvalue weighted by molar-refractivity contribution is 5.57. The van der Waals surface area contributed by atoms with Gasteiger partial charge in [0, 0.05) is 12.2 Å². The third-order valence-corrected chi connectivity index (χ3v) is 3.03. The Bertz CT molecular complexity index is 298. The molecule has 0 saturated heterocycles. The van der Waals surface area contributed by atoms with Gasteiger partial charge < -0.3 is 11.1 Å². The molecule has 0 radical (unpaired) electrons. The second-order valence-electron chi connectivity index (χ2n) is 4.38. The molecule has 0 aromatic heterocycles. The highest BCUT2D eigenvalue weighted by Gasteiger charge is 2.06. The molecule has 1 unspecified atom stereocenters. The Hall–Kier alpha value is -1.02. The van der Waals surface area contributed by atoms with E-state index in [1.165, 1.54) is 16.8 Å². The number of para-hydroxylation sites is 1. The Balaban J connectivity index is 2.82. The molecule has 2 nitrogen and oxygen atoms in total. The maximum atomic E-state index is 5.64. The number of hydrogen-bond acceptors (Lipinski definition) is 2. The molecule has 0 saturated carbocycles. The lowest BCUT2D eigenvalue weighted by atomic mass is 10.0. The first kappa shape index (κ1) is 13.0. The van der Waals surface area contributed by atoms with Crippen molar-refractivity contribution in [2.24, 2.45) is 11.7 Å². The molecule has 1 rings (SSSR count). The smallest absolute Gasteiger partial charge is 0.0405 e. The van der Waals surface area contributed by atoms with Crippen LogP contribution in [0.1, 0.15) is 31.9 Å². The third-order valence-electron chi connectivity index (χ3n) is 3.03. The van der Waals surface area contributed by atoms with Crippen LogP contribution in [0.25, 0.3) is 0 Å². The molecule has 0 aliphatic carbocycles. The van der Waals surface area contributed by atoms with Crippen LogP contribution in [0.3, 0.4) is 0 Å². The average molecular weight is 220 g/mol. The number of anilines is 1. The van der Waals surface area contributed by atoms with E-state index < -0.39 is 0 Å². The maximum absolute atomic E-state index is 5.64. The average Bonchev–Trinajstić information content (AvgIpc) is 2.35. The molecule has 1 atom stereocenters. The molecule has 90 valence electrons. The van der Waals surface area contributed by atoms with Crippen LogP contribution in [0.5, 0.6) is 0 Å². The molecule has 0 fully saturated rings. The summed E-state index contributed by atoms with van der Waals surface area (Å²) in [5.74, 6) is 0.523. The minimum atomic E-state index is 0.523. The molecule has 0 bridgehead atoms. The van der Waals surface area contributed by atoms with Gasteiger partial charge in [-0.25, -0.2) is 0 Å². The Morgan fingerprint density at radius 2 is 1.75 bits per heavy atom. The minimum Gasteiger partial charge on any atom is -0.384 e. The van der Waals surface area contributed by atoms with Gasteiger partial charge in [-0.3, -0.25) is 0 Å². The van der Waals surface area contributed by atoms with Crippen molar-refractivity contribution in [1.82, 2.24) is 0 Å². The standard InChI is InChI=1S/C14H24N2/c1-4-12-7-6-8-13(5-2)14(12)16-10-11(3)9-15/h6-8,11,16H,4-5,9-10,15H2,1-3H3. The zero-order valence-electron chi connectivity index (χ0n) is 10.7. The fourth-order valence-corrected chi connectivity index (χ4v) is 1.83. The van der Waals surface area contributed by atoms with E-state index in [0.29, 0.717) is 5.92 Å². The lowest BCUT2D eigenvalue weighted by molar-refractivity contribution is 0.627. The molecule has 1 aromatic rings. The number of rotatable bonds is 6. The lowest BCUT2D eigenvalue weighted by Crippen LogP contribution is -2.20. The van der Waals surface area contributed by atoms with E-state index in [9.17, 15) is 0 Å². The van der Waals surface area contributed by atoms with E-state index in [1.54, 1.807) is 0 Å². The maximum Gasteiger partial charge on any atom is 0.0405 e. The zero-order valence-corrected chi connectivity index (χ0v) is 10.7. The fourth-order valence-electron chi connectivity index (χ4n) is 1.83. The van der Waals surface area contributed by atoms with Gasteiger partial charge in [0.25, 0.3) is 0 Å². The van der Waals surface area contributed by atoms with Crippen LogP contribution in [0.2, 0.25) is 0 Å². The van der Waals surface area contributed by atoms with Gasteiger partial charge in [-0.15, -0.1) is 0 Å². The van der Waals surface area contributed by atoms with Gasteiger partial charge in [-0.05, 0) is 36.4 Å². The van der Waals surface area contributed by atoms with Crippen LogP contribution in [-0.4, -0.2) is 13.1 Å². The van der Waals surface area contributed by atoms with Gasteiger partial charge >= 0.3 is 0 Å². The Morgan fingerprint density at radius 1 is 1.19 bits per heavy atom. The third kappa shape index (κ3) is 3.24. The van der Waals surface area contributed by atoms with E-state index >= 15 is 0 Å². The van der Waals surface area contributed by atoms with Crippen molar-refractivity contribution in [3.8, 4) is 0 Å². The fraction of sp³-hybridized carbons (Fsp3) is 0.571. The summed E-state index contributed by atoms with van der Waals surface area (Å²) < 4.78 is 0. The molecule has 16 heavy (non-hydrogen) atoms. The lowest BCUT2D eigenvalue weighted by Gasteiger charge is -2.17. The van der Waals surface area contributed by atoms with Crippen LogP contribution in [0.4, 0.5) is 5.69 Å². The van der Waals surface area contributed by atoms with Gasteiger partial charge in [0.1, 0.15) is 0 Å². The van der Waals surface area contributed by atoms with Crippen molar-refractivity contribution < 1.29 is 0 Å². The van der Waals surface area contributed by atoms with E-state index in [1.807, 2.05) is 0 Å². The first-order valence-electron chi connectivity index (χ1n) is 6.27. The Kier molecular flexibility index (Phi) is 5.33. The quantitative estimate of drug-likeness (QED) is 0.773. The molecule has 1 aromatic carbocycles. The topological polar surface area (TPSA) is 38.0 Å². The summed E-state index contributed by atoms with van der Waals surface area (Å²) in [6, 6.07) is 6.55. The molecule has 3 N–H and O–H groups in total. The van der Waals surface area contributed by atoms with Gasteiger partial charge in [0.05, 0.1) is 0 Å². The van der Waals surface area contributed by atoms with Crippen molar-refractivity contribution in [3.05, 3.63) is 29.3 Å². The van der Waals surface area contributed by atoms with Gasteiger partial charge in [0.2, 0.25) is 0 Å². The van der Waals surface area contributed by atoms with Crippen LogP contribution in [-0.2, 0) is 12.8 Å². The second-order valence-corrected chi connectivity index (χ2v) is 4.38. The van der Waals surface area contributed by atoms with Gasteiger partial charge in [-0.2, -0.15) is 0 Å². The highest BCUT2D eigenvalue weighted by atomic mass is 14.9. The first-order valence-corrected chi connectivity index (χ1v) is 6.27.